The summed E-state index contributed by atoms with van der Waals surface area (Å²) in [6.07, 6.45) is 0.420. The van der Waals surface area contributed by atoms with E-state index in [-0.39, 0.29) is 0 Å². The lowest BCUT2D eigenvalue weighted by atomic mass is 10.3. The van der Waals surface area contributed by atoms with E-state index in [2.05, 4.69) is 11.2 Å². The van der Waals surface area contributed by atoms with Crippen LogP contribution in [0.3, 0.4) is 0 Å². The van der Waals surface area contributed by atoms with Crippen molar-refractivity contribution < 1.29 is 5.21 Å². The molecule has 1 aromatic heterocycles. The average Bonchev–Trinajstić information content (AvgIpc) is 2.52. The van der Waals surface area contributed by atoms with Crippen LogP contribution >= 0.6 is 11.3 Å². The summed E-state index contributed by atoms with van der Waals surface area (Å²) in [6.45, 7) is 1.72. The molecule has 0 saturated carbocycles. The molecule has 1 aromatic rings. The predicted molar refractivity (Wildman–Crippen MR) is 47.6 cm³/mol. The van der Waals surface area contributed by atoms with Gasteiger partial charge < -0.3 is 5.21 Å². The SMILES string of the molecule is CC(=NO)c1ccc(CC#N)s1. The molecule has 0 spiro atoms. The quantitative estimate of drug-likeness (QED) is 0.430. The van der Waals surface area contributed by atoms with E-state index in [1.807, 2.05) is 12.1 Å². The monoisotopic (exact) mass is 180 g/mol. The fourth-order valence-electron chi connectivity index (χ4n) is 0.795. The number of nitriles is 1. The minimum Gasteiger partial charge on any atom is -0.411 e. The van der Waals surface area contributed by atoms with Crippen molar-refractivity contribution in [2.24, 2.45) is 5.16 Å². The van der Waals surface area contributed by atoms with Gasteiger partial charge in [0.05, 0.1) is 23.1 Å². The molecular weight excluding hydrogens is 172 g/mol. The van der Waals surface area contributed by atoms with E-state index in [0.717, 1.165) is 9.75 Å². The fraction of sp³-hybridized carbons (Fsp3) is 0.250. The highest BCUT2D eigenvalue weighted by Gasteiger charge is 2.02. The summed E-state index contributed by atoms with van der Waals surface area (Å²) in [5, 5.41) is 19.9. The molecule has 0 bridgehead atoms. The Labute approximate surface area is 74.6 Å². The number of hydrogen-bond donors (Lipinski definition) is 1. The third-order valence-corrected chi connectivity index (χ3v) is 2.62. The summed E-state index contributed by atoms with van der Waals surface area (Å²) in [5.41, 5.74) is 0.587. The van der Waals surface area contributed by atoms with Crippen molar-refractivity contribution in [3.05, 3.63) is 21.9 Å². The molecule has 0 unspecified atom stereocenters. The van der Waals surface area contributed by atoms with Crippen LogP contribution in [0.2, 0.25) is 0 Å². The Morgan fingerprint density at radius 2 is 2.50 bits per heavy atom. The molecule has 0 aliphatic carbocycles. The highest BCUT2D eigenvalue weighted by atomic mass is 32.1. The van der Waals surface area contributed by atoms with Crippen LogP contribution in [0, 0.1) is 11.3 Å². The maximum absolute atomic E-state index is 8.46. The van der Waals surface area contributed by atoms with E-state index in [0.29, 0.717) is 12.1 Å². The molecule has 0 aliphatic rings. The lowest BCUT2D eigenvalue weighted by molar-refractivity contribution is 0.319. The molecule has 0 amide bonds. The van der Waals surface area contributed by atoms with E-state index in [1.54, 1.807) is 6.92 Å². The van der Waals surface area contributed by atoms with E-state index in [4.69, 9.17) is 10.5 Å². The van der Waals surface area contributed by atoms with Crippen molar-refractivity contribution in [2.45, 2.75) is 13.3 Å². The van der Waals surface area contributed by atoms with Crippen LogP contribution in [0.5, 0.6) is 0 Å². The van der Waals surface area contributed by atoms with Gasteiger partial charge in [0.1, 0.15) is 0 Å². The molecule has 0 aliphatic heterocycles. The van der Waals surface area contributed by atoms with Gasteiger partial charge in [0, 0.05) is 4.88 Å². The number of thiophene rings is 1. The first-order chi connectivity index (χ1) is 5.77. The third kappa shape index (κ3) is 1.83. The Hall–Kier alpha value is -1.34. The van der Waals surface area contributed by atoms with Crippen LogP contribution < -0.4 is 0 Å². The molecule has 0 aromatic carbocycles. The Bertz CT molecular complexity index is 335. The van der Waals surface area contributed by atoms with Crippen molar-refractivity contribution in [3.8, 4) is 6.07 Å². The lowest BCUT2D eigenvalue weighted by Crippen LogP contribution is -1.87. The van der Waals surface area contributed by atoms with Crippen molar-refractivity contribution in [1.82, 2.24) is 0 Å². The number of hydrogen-bond acceptors (Lipinski definition) is 4. The molecule has 0 atom stereocenters. The summed E-state index contributed by atoms with van der Waals surface area (Å²) < 4.78 is 0. The van der Waals surface area contributed by atoms with Gasteiger partial charge >= 0.3 is 0 Å². The van der Waals surface area contributed by atoms with Gasteiger partial charge in [-0.25, -0.2) is 0 Å². The van der Waals surface area contributed by atoms with Crippen LogP contribution in [-0.4, -0.2) is 10.9 Å². The Kier molecular flexibility index (Phi) is 2.83. The van der Waals surface area contributed by atoms with Gasteiger partial charge in [0.15, 0.2) is 0 Å². The molecule has 62 valence electrons. The zero-order chi connectivity index (χ0) is 8.97. The molecule has 0 fully saturated rings. The highest BCUT2D eigenvalue weighted by Crippen LogP contribution is 2.17. The molecule has 0 radical (unpaired) electrons. The molecule has 3 nitrogen and oxygen atoms in total. The maximum Gasteiger partial charge on any atom is 0.0936 e. The molecule has 1 N–H and O–H groups in total. The van der Waals surface area contributed by atoms with Gasteiger partial charge in [0.2, 0.25) is 0 Å². The lowest BCUT2D eigenvalue weighted by Gasteiger charge is -1.88. The smallest absolute Gasteiger partial charge is 0.0936 e. The van der Waals surface area contributed by atoms with Crippen LogP contribution in [-0.2, 0) is 6.42 Å². The van der Waals surface area contributed by atoms with Crippen LogP contribution in [0.15, 0.2) is 17.3 Å². The normalized spacial score (nSPS) is 11.2. The third-order valence-electron chi connectivity index (χ3n) is 1.42. The van der Waals surface area contributed by atoms with E-state index >= 15 is 0 Å². The van der Waals surface area contributed by atoms with E-state index in [9.17, 15) is 0 Å². The summed E-state index contributed by atoms with van der Waals surface area (Å²) in [7, 11) is 0. The van der Waals surface area contributed by atoms with Crippen LogP contribution in [0.1, 0.15) is 16.7 Å². The number of oxime groups is 1. The number of rotatable bonds is 2. The summed E-state index contributed by atoms with van der Waals surface area (Å²) in [4.78, 5) is 1.90. The van der Waals surface area contributed by atoms with Crippen molar-refractivity contribution >= 4 is 17.0 Å². The van der Waals surface area contributed by atoms with Gasteiger partial charge in [-0.1, -0.05) is 5.16 Å². The first-order valence-electron chi connectivity index (χ1n) is 3.42. The second-order valence-corrected chi connectivity index (χ2v) is 3.45. The first-order valence-corrected chi connectivity index (χ1v) is 4.24. The van der Waals surface area contributed by atoms with Crippen LogP contribution in [0.25, 0.3) is 0 Å². The molecule has 0 saturated heterocycles. The first kappa shape index (κ1) is 8.75. The maximum atomic E-state index is 8.46. The largest absolute Gasteiger partial charge is 0.411 e. The van der Waals surface area contributed by atoms with Crippen molar-refractivity contribution in [1.29, 1.82) is 5.26 Å². The van der Waals surface area contributed by atoms with Gasteiger partial charge in [0.25, 0.3) is 0 Å². The molecule has 1 rings (SSSR count). The molecule has 12 heavy (non-hydrogen) atoms. The zero-order valence-corrected chi connectivity index (χ0v) is 7.43. The van der Waals surface area contributed by atoms with Gasteiger partial charge in [-0.2, -0.15) is 5.26 Å². The van der Waals surface area contributed by atoms with Crippen molar-refractivity contribution in [2.75, 3.05) is 0 Å². The highest BCUT2D eigenvalue weighted by molar-refractivity contribution is 7.14. The van der Waals surface area contributed by atoms with Crippen LogP contribution in [0.4, 0.5) is 0 Å². The fourth-order valence-corrected chi connectivity index (χ4v) is 1.67. The predicted octanol–water partition coefficient (Wildman–Crippen LogP) is 2.01. The minimum atomic E-state index is 0.420. The zero-order valence-electron chi connectivity index (χ0n) is 6.61. The molecular formula is C8H8N2OS. The van der Waals surface area contributed by atoms with Gasteiger partial charge in [-0.05, 0) is 19.1 Å². The van der Waals surface area contributed by atoms with E-state index in [1.165, 1.54) is 11.3 Å². The summed E-state index contributed by atoms with van der Waals surface area (Å²) in [6, 6.07) is 5.79. The van der Waals surface area contributed by atoms with Gasteiger partial charge in [-0.3, -0.25) is 0 Å². The van der Waals surface area contributed by atoms with Gasteiger partial charge in [-0.15, -0.1) is 11.3 Å². The standard InChI is InChI=1S/C8H8N2OS/c1-6(10-11)8-3-2-7(12-8)4-5-9/h2-3,11H,4H2,1H3. The summed E-state index contributed by atoms with van der Waals surface area (Å²) >= 11 is 1.48. The van der Waals surface area contributed by atoms with E-state index < -0.39 is 0 Å². The topological polar surface area (TPSA) is 56.4 Å². The Morgan fingerprint density at radius 1 is 1.75 bits per heavy atom. The minimum absolute atomic E-state index is 0.420. The Morgan fingerprint density at radius 3 is 3.08 bits per heavy atom. The summed E-state index contributed by atoms with van der Waals surface area (Å²) in [5.74, 6) is 0. The second-order valence-electron chi connectivity index (χ2n) is 2.29. The Balaban J connectivity index is 2.86. The molecule has 4 heteroatoms. The average molecular weight is 180 g/mol. The number of nitrogens with zero attached hydrogens (tertiary/aromatic N) is 2. The second kappa shape index (κ2) is 3.88. The van der Waals surface area contributed by atoms with Crippen molar-refractivity contribution in [3.63, 3.8) is 0 Å². The molecule has 1 heterocycles.